The number of benzene rings is 1. The first-order chi connectivity index (χ1) is 11.1. The Morgan fingerprint density at radius 2 is 1.83 bits per heavy atom. The number of halogens is 3. The number of hydrogen-bond acceptors (Lipinski definition) is 4. The van der Waals surface area contributed by atoms with Gasteiger partial charge in [0.1, 0.15) is 0 Å². The number of alkyl halides is 3. The lowest BCUT2D eigenvalue weighted by Gasteiger charge is -2.10. The van der Waals surface area contributed by atoms with Gasteiger partial charge in [0, 0.05) is 6.04 Å². The molecule has 0 aliphatic rings. The minimum Gasteiger partial charge on any atom is -0.452 e. The number of ether oxygens (including phenoxy) is 1. The van der Waals surface area contributed by atoms with Gasteiger partial charge in [0.25, 0.3) is 5.91 Å². The van der Waals surface area contributed by atoms with Crippen LogP contribution in [0.4, 0.5) is 13.2 Å². The van der Waals surface area contributed by atoms with Crippen molar-refractivity contribution < 1.29 is 32.3 Å². The molecule has 6 nitrogen and oxygen atoms in total. The van der Waals surface area contributed by atoms with Crippen molar-refractivity contribution in [2.24, 2.45) is 0 Å². The van der Waals surface area contributed by atoms with Crippen molar-refractivity contribution in [3.05, 3.63) is 35.4 Å². The molecule has 132 valence electrons. The predicted molar refractivity (Wildman–Crippen MR) is 78.0 cm³/mol. The van der Waals surface area contributed by atoms with E-state index in [1.165, 1.54) is 0 Å². The molecule has 0 unspecified atom stereocenters. The van der Waals surface area contributed by atoms with Gasteiger partial charge in [0.2, 0.25) is 5.91 Å². The third kappa shape index (κ3) is 6.67. The Labute approximate surface area is 136 Å². The highest BCUT2D eigenvalue weighted by Crippen LogP contribution is 2.29. The van der Waals surface area contributed by atoms with Crippen molar-refractivity contribution >= 4 is 17.8 Å². The predicted octanol–water partition coefficient (Wildman–Crippen LogP) is 1.50. The zero-order valence-corrected chi connectivity index (χ0v) is 13.1. The SMILES string of the molecule is CC(C)NC(=O)CNC(=O)COC(=O)c1cccc(C(F)(F)F)c1. The van der Waals surface area contributed by atoms with Crippen molar-refractivity contribution in [2.75, 3.05) is 13.2 Å². The summed E-state index contributed by atoms with van der Waals surface area (Å²) in [5.74, 6) is -2.22. The van der Waals surface area contributed by atoms with E-state index >= 15 is 0 Å². The second kappa shape index (κ2) is 8.32. The third-order valence-electron chi connectivity index (χ3n) is 2.66. The van der Waals surface area contributed by atoms with Crippen molar-refractivity contribution in [3.63, 3.8) is 0 Å². The molecule has 0 saturated carbocycles. The molecule has 2 N–H and O–H groups in total. The monoisotopic (exact) mass is 346 g/mol. The van der Waals surface area contributed by atoms with E-state index in [0.717, 1.165) is 18.2 Å². The Hall–Kier alpha value is -2.58. The first kappa shape index (κ1) is 19.5. The van der Waals surface area contributed by atoms with E-state index in [4.69, 9.17) is 0 Å². The molecule has 0 radical (unpaired) electrons. The average Bonchev–Trinajstić information content (AvgIpc) is 2.49. The summed E-state index contributed by atoms with van der Waals surface area (Å²) in [6.45, 7) is 2.50. The van der Waals surface area contributed by atoms with Crippen LogP contribution in [0.25, 0.3) is 0 Å². The largest absolute Gasteiger partial charge is 0.452 e. The molecule has 1 aromatic rings. The summed E-state index contributed by atoms with van der Waals surface area (Å²) >= 11 is 0. The van der Waals surface area contributed by atoms with Crippen LogP contribution in [0.3, 0.4) is 0 Å². The molecular weight excluding hydrogens is 329 g/mol. The standard InChI is InChI=1S/C15H17F3N2O4/c1-9(2)20-12(21)7-19-13(22)8-24-14(23)10-4-3-5-11(6-10)15(16,17)18/h3-6,9H,7-8H2,1-2H3,(H,19,22)(H,20,21). The maximum atomic E-state index is 12.6. The Morgan fingerprint density at radius 3 is 2.42 bits per heavy atom. The molecule has 0 atom stereocenters. The van der Waals surface area contributed by atoms with Crippen LogP contribution in [-0.4, -0.2) is 37.0 Å². The van der Waals surface area contributed by atoms with E-state index < -0.39 is 36.1 Å². The highest BCUT2D eigenvalue weighted by Gasteiger charge is 2.31. The summed E-state index contributed by atoms with van der Waals surface area (Å²) in [4.78, 5) is 34.4. The Bertz CT molecular complexity index is 615. The van der Waals surface area contributed by atoms with Crippen LogP contribution in [0.15, 0.2) is 24.3 Å². The molecular formula is C15H17F3N2O4. The zero-order valence-electron chi connectivity index (χ0n) is 13.1. The fraction of sp³-hybridized carbons (Fsp3) is 0.400. The minimum absolute atomic E-state index is 0.0897. The molecule has 0 fully saturated rings. The lowest BCUT2D eigenvalue weighted by Crippen LogP contribution is -2.41. The van der Waals surface area contributed by atoms with E-state index in [0.29, 0.717) is 6.07 Å². The van der Waals surface area contributed by atoms with Gasteiger partial charge >= 0.3 is 12.1 Å². The van der Waals surface area contributed by atoms with Gasteiger partial charge in [0.15, 0.2) is 6.61 Å². The number of rotatable bonds is 6. The Balaban J connectivity index is 2.49. The molecule has 0 spiro atoms. The lowest BCUT2D eigenvalue weighted by atomic mass is 10.1. The zero-order chi connectivity index (χ0) is 18.3. The molecule has 9 heteroatoms. The average molecular weight is 346 g/mol. The number of nitrogens with one attached hydrogen (secondary N) is 2. The second-order valence-electron chi connectivity index (χ2n) is 5.15. The Kier molecular flexibility index (Phi) is 6.75. The first-order valence-corrected chi connectivity index (χ1v) is 7.00. The molecule has 1 rings (SSSR count). The molecule has 0 heterocycles. The smallest absolute Gasteiger partial charge is 0.416 e. The van der Waals surface area contributed by atoms with Gasteiger partial charge in [-0.2, -0.15) is 13.2 Å². The topological polar surface area (TPSA) is 84.5 Å². The molecule has 0 aliphatic heterocycles. The van der Waals surface area contributed by atoms with Crippen molar-refractivity contribution in [1.82, 2.24) is 10.6 Å². The van der Waals surface area contributed by atoms with Gasteiger partial charge in [-0.05, 0) is 32.0 Å². The molecule has 1 aromatic carbocycles. The summed E-state index contributed by atoms with van der Waals surface area (Å²) in [7, 11) is 0. The molecule has 0 aliphatic carbocycles. The number of amides is 2. The van der Waals surface area contributed by atoms with Crippen LogP contribution in [-0.2, 0) is 20.5 Å². The number of carbonyl (C=O) groups is 3. The van der Waals surface area contributed by atoms with Crippen LogP contribution < -0.4 is 10.6 Å². The molecule has 2 amide bonds. The van der Waals surface area contributed by atoms with E-state index in [1.54, 1.807) is 13.8 Å². The van der Waals surface area contributed by atoms with Gasteiger partial charge in [-0.25, -0.2) is 4.79 Å². The fourth-order valence-electron chi connectivity index (χ4n) is 1.64. The lowest BCUT2D eigenvalue weighted by molar-refractivity contribution is -0.137. The van der Waals surface area contributed by atoms with Crippen molar-refractivity contribution in [1.29, 1.82) is 0 Å². The molecule has 24 heavy (non-hydrogen) atoms. The highest BCUT2D eigenvalue weighted by atomic mass is 19.4. The van der Waals surface area contributed by atoms with E-state index in [9.17, 15) is 27.6 Å². The number of esters is 1. The fourth-order valence-corrected chi connectivity index (χ4v) is 1.64. The van der Waals surface area contributed by atoms with Crippen LogP contribution in [0, 0.1) is 0 Å². The second-order valence-corrected chi connectivity index (χ2v) is 5.15. The summed E-state index contributed by atoms with van der Waals surface area (Å²) in [6, 6.07) is 3.57. The maximum absolute atomic E-state index is 12.6. The van der Waals surface area contributed by atoms with Gasteiger partial charge in [-0.15, -0.1) is 0 Å². The van der Waals surface area contributed by atoms with Crippen LogP contribution in [0.5, 0.6) is 0 Å². The molecule has 0 saturated heterocycles. The van der Waals surface area contributed by atoms with Gasteiger partial charge < -0.3 is 15.4 Å². The van der Waals surface area contributed by atoms with E-state index in [2.05, 4.69) is 15.4 Å². The summed E-state index contributed by atoms with van der Waals surface area (Å²) in [5.41, 5.74) is -1.32. The quantitative estimate of drug-likeness (QED) is 0.765. The molecule has 0 bridgehead atoms. The summed E-state index contributed by atoms with van der Waals surface area (Å²) < 4.78 is 42.3. The van der Waals surface area contributed by atoms with Crippen LogP contribution >= 0.6 is 0 Å². The van der Waals surface area contributed by atoms with Crippen molar-refractivity contribution in [2.45, 2.75) is 26.1 Å². The summed E-state index contributed by atoms with van der Waals surface area (Å²) in [5, 5.41) is 4.76. The van der Waals surface area contributed by atoms with Gasteiger partial charge in [0.05, 0.1) is 17.7 Å². The van der Waals surface area contributed by atoms with Gasteiger partial charge in [-0.1, -0.05) is 6.07 Å². The first-order valence-electron chi connectivity index (χ1n) is 7.00. The summed E-state index contributed by atoms with van der Waals surface area (Å²) in [6.07, 6.45) is -4.59. The highest BCUT2D eigenvalue weighted by molar-refractivity contribution is 5.92. The minimum atomic E-state index is -4.59. The van der Waals surface area contributed by atoms with Crippen molar-refractivity contribution in [3.8, 4) is 0 Å². The van der Waals surface area contributed by atoms with E-state index in [1.807, 2.05) is 0 Å². The number of hydrogen-bond donors (Lipinski definition) is 2. The normalized spacial score (nSPS) is 11.1. The maximum Gasteiger partial charge on any atom is 0.416 e. The van der Waals surface area contributed by atoms with Crippen LogP contribution in [0.2, 0.25) is 0 Å². The van der Waals surface area contributed by atoms with Gasteiger partial charge in [-0.3, -0.25) is 9.59 Å². The Morgan fingerprint density at radius 1 is 1.17 bits per heavy atom. The van der Waals surface area contributed by atoms with Crippen LogP contribution in [0.1, 0.15) is 29.8 Å². The molecule has 0 aromatic heterocycles. The number of carbonyl (C=O) groups excluding carboxylic acids is 3. The van der Waals surface area contributed by atoms with E-state index in [-0.39, 0.29) is 18.2 Å². The third-order valence-corrected chi connectivity index (χ3v) is 2.66.